The number of nitrogens with zero attached hydrogens (tertiary/aromatic N) is 4. The third-order valence-electron chi connectivity index (χ3n) is 7.43. The first-order valence-corrected chi connectivity index (χ1v) is 14.1. The van der Waals surface area contributed by atoms with Crippen LogP contribution in [0.4, 0.5) is 5.69 Å². The van der Waals surface area contributed by atoms with Gasteiger partial charge in [-0.3, -0.25) is 24.4 Å². The van der Waals surface area contributed by atoms with E-state index in [0.29, 0.717) is 54.6 Å². The van der Waals surface area contributed by atoms with Crippen LogP contribution in [0, 0.1) is 0 Å². The Bertz CT molecular complexity index is 1410. The predicted octanol–water partition coefficient (Wildman–Crippen LogP) is 3.39. The normalized spacial score (nSPS) is 16.6. The molecule has 0 unspecified atom stereocenters. The number of amides is 2. The molecule has 2 amide bonds. The molecule has 2 aromatic carbocycles. The lowest BCUT2D eigenvalue weighted by atomic mass is 9.94. The van der Waals surface area contributed by atoms with Crippen LogP contribution in [0.25, 0.3) is 10.9 Å². The van der Waals surface area contributed by atoms with Gasteiger partial charge in [0.05, 0.1) is 30.4 Å². The molecule has 9 nitrogen and oxygen atoms in total. The molecule has 212 valence electrons. The molecule has 0 bridgehead atoms. The zero-order valence-electron chi connectivity index (χ0n) is 23.4. The van der Waals surface area contributed by atoms with Gasteiger partial charge in [0.2, 0.25) is 5.91 Å². The van der Waals surface area contributed by atoms with Gasteiger partial charge in [-0.2, -0.15) is 0 Å². The van der Waals surface area contributed by atoms with Gasteiger partial charge in [-0.1, -0.05) is 29.8 Å². The molecule has 1 aromatic heterocycles. The summed E-state index contributed by atoms with van der Waals surface area (Å²) < 4.78 is 5.36. The molecule has 0 saturated carbocycles. The molecule has 0 atom stereocenters. The standard InChI is InChI=1S/C30H37ClN6O3/c1-30(2,32)19-35-12-14-37(15-13-35)29(39)28-21-6-4-5-7-23(21)33-24-10-11-36(17-22(24)28)18-27(38)34-25-16-20(31)8-9-26(25)40-3/h4-9,16H,10-15,17-19,32H2,1-3H3,(H,34,38). The molecule has 1 fully saturated rings. The molecule has 0 spiro atoms. The Hall–Kier alpha value is -3.24. The molecule has 0 aliphatic carbocycles. The summed E-state index contributed by atoms with van der Waals surface area (Å²) in [5.41, 5.74) is 9.85. The van der Waals surface area contributed by atoms with Crippen LogP contribution >= 0.6 is 11.6 Å². The number of carbonyl (C=O) groups excluding carboxylic acids is 2. The number of carbonyl (C=O) groups is 2. The van der Waals surface area contributed by atoms with E-state index in [1.54, 1.807) is 25.3 Å². The van der Waals surface area contributed by atoms with Crippen LogP contribution in [0.3, 0.4) is 0 Å². The second kappa shape index (κ2) is 11.7. The first kappa shape index (κ1) is 28.3. The minimum absolute atomic E-state index is 0.0245. The number of rotatable bonds is 7. The maximum Gasteiger partial charge on any atom is 0.255 e. The molecule has 5 rings (SSSR count). The minimum Gasteiger partial charge on any atom is -0.495 e. The Morgan fingerprint density at radius 3 is 2.55 bits per heavy atom. The minimum atomic E-state index is -0.278. The smallest absolute Gasteiger partial charge is 0.255 e. The number of anilines is 1. The summed E-state index contributed by atoms with van der Waals surface area (Å²) in [5, 5.41) is 4.28. The number of para-hydroxylation sites is 1. The molecular formula is C30H37ClN6O3. The van der Waals surface area contributed by atoms with E-state index in [9.17, 15) is 9.59 Å². The summed E-state index contributed by atoms with van der Waals surface area (Å²) in [5.74, 6) is 0.390. The SMILES string of the molecule is COc1ccc(Cl)cc1NC(=O)CN1CCc2nc3ccccc3c(C(=O)N3CCN(CC(C)(C)N)CC3)c2C1. The van der Waals surface area contributed by atoms with Crippen molar-refractivity contribution in [2.75, 3.05) is 58.2 Å². The molecule has 3 heterocycles. The number of ether oxygens (including phenoxy) is 1. The molecule has 10 heteroatoms. The zero-order chi connectivity index (χ0) is 28.4. The fourth-order valence-electron chi connectivity index (χ4n) is 5.64. The molecular weight excluding hydrogens is 528 g/mol. The highest BCUT2D eigenvalue weighted by Gasteiger charge is 2.31. The Morgan fingerprint density at radius 2 is 1.82 bits per heavy atom. The largest absolute Gasteiger partial charge is 0.495 e. The van der Waals surface area contributed by atoms with Crippen molar-refractivity contribution in [2.24, 2.45) is 5.73 Å². The maximum absolute atomic E-state index is 14.1. The predicted molar refractivity (Wildman–Crippen MR) is 158 cm³/mol. The summed E-state index contributed by atoms with van der Waals surface area (Å²) >= 11 is 6.13. The first-order chi connectivity index (χ1) is 19.1. The number of fused-ring (bicyclic) bond motifs is 2. The van der Waals surface area contributed by atoms with Crippen LogP contribution in [0.5, 0.6) is 5.75 Å². The van der Waals surface area contributed by atoms with Crippen molar-refractivity contribution in [3.05, 3.63) is 64.3 Å². The van der Waals surface area contributed by atoms with Crippen LogP contribution in [-0.4, -0.2) is 90.0 Å². The highest BCUT2D eigenvalue weighted by Crippen LogP contribution is 2.31. The van der Waals surface area contributed by atoms with E-state index in [4.69, 9.17) is 27.1 Å². The number of hydrogen-bond donors (Lipinski definition) is 2. The second-order valence-electron chi connectivity index (χ2n) is 11.3. The molecule has 2 aliphatic heterocycles. The third kappa shape index (κ3) is 6.39. The number of pyridine rings is 1. The summed E-state index contributed by atoms with van der Waals surface area (Å²) in [4.78, 5) is 38.3. The van der Waals surface area contributed by atoms with E-state index in [1.807, 2.05) is 43.0 Å². The number of piperazine rings is 1. The molecule has 1 saturated heterocycles. The average molecular weight is 565 g/mol. The number of methoxy groups -OCH3 is 1. The summed E-state index contributed by atoms with van der Waals surface area (Å²) in [7, 11) is 1.55. The van der Waals surface area contributed by atoms with Crippen molar-refractivity contribution in [3.8, 4) is 5.75 Å². The number of aromatic nitrogens is 1. The average Bonchev–Trinajstić information content (AvgIpc) is 2.91. The van der Waals surface area contributed by atoms with E-state index >= 15 is 0 Å². The van der Waals surface area contributed by atoms with Crippen molar-refractivity contribution < 1.29 is 14.3 Å². The lowest BCUT2D eigenvalue weighted by Crippen LogP contribution is -2.54. The summed E-state index contributed by atoms with van der Waals surface area (Å²) in [6.07, 6.45) is 0.660. The van der Waals surface area contributed by atoms with Gasteiger partial charge in [0.15, 0.2) is 0 Å². The maximum atomic E-state index is 14.1. The topological polar surface area (TPSA) is 104 Å². The van der Waals surface area contributed by atoms with E-state index in [1.165, 1.54) is 0 Å². The molecule has 0 radical (unpaired) electrons. The zero-order valence-corrected chi connectivity index (χ0v) is 24.1. The van der Waals surface area contributed by atoms with Crippen molar-refractivity contribution in [2.45, 2.75) is 32.4 Å². The Morgan fingerprint density at radius 1 is 1.07 bits per heavy atom. The van der Waals surface area contributed by atoms with Crippen LogP contribution in [0.1, 0.15) is 35.5 Å². The fourth-order valence-corrected chi connectivity index (χ4v) is 5.81. The number of nitrogens with one attached hydrogen (secondary N) is 1. The Balaban J connectivity index is 1.36. The quantitative estimate of drug-likeness (QED) is 0.453. The van der Waals surface area contributed by atoms with Gasteiger partial charge in [-0.25, -0.2) is 0 Å². The molecule has 40 heavy (non-hydrogen) atoms. The Kier molecular flexibility index (Phi) is 8.28. The van der Waals surface area contributed by atoms with Gasteiger partial charge >= 0.3 is 0 Å². The van der Waals surface area contributed by atoms with E-state index in [2.05, 4.69) is 15.1 Å². The van der Waals surface area contributed by atoms with Crippen LogP contribution in [0.15, 0.2) is 42.5 Å². The first-order valence-electron chi connectivity index (χ1n) is 13.7. The van der Waals surface area contributed by atoms with E-state index < -0.39 is 0 Å². The van der Waals surface area contributed by atoms with Gasteiger partial charge < -0.3 is 20.7 Å². The van der Waals surface area contributed by atoms with Crippen LogP contribution in [0.2, 0.25) is 5.02 Å². The Labute approximate surface area is 240 Å². The highest BCUT2D eigenvalue weighted by molar-refractivity contribution is 6.31. The summed E-state index contributed by atoms with van der Waals surface area (Å²) in [6.45, 7) is 9.02. The van der Waals surface area contributed by atoms with Crippen molar-refractivity contribution in [1.82, 2.24) is 19.7 Å². The molecule has 2 aliphatic rings. The lowest BCUT2D eigenvalue weighted by Gasteiger charge is -2.38. The van der Waals surface area contributed by atoms with Gasteiger partial charge in [-0.05, 0) is 38.1 Å². The number of halogens is 1. The number of benzene rings is 2. The fraction of sp³-hybridized carbons (Fsp3) is 0.433. The molecule has 3 aromatic rings. The van der Waals surface area contributed by atoms with E-state index in [0.717, 1.165) is 41.8 Å². The third-order valence-corrected chi connectivity index (χ3v) is 7.67. The van der Waals surface area contributed by atoms with Gasteiger partial charge in [0.25, 0.3) is 5.91 Å². The van der Waals surface area contributed by atoms with Gasteiger partial charge in [-0.15, -0.1) is 0 Å². The highest BCUT2D eigenvalue weighted by atomic mass is 35.5. The molecule has 3 N–H and O–H groups in total. The van der Waals surface area contributed by atoms with Gasteiger partial charge in [0, 0.05) is 79.4 Å². The van der Waals surface area contributed by atoms with Crippen molar-refractivity contribution in [3.63, 3.8) is 0 Å². The monoisotopic (exact) mass is 564 g/mol. The van der Waals surface area contributed by atoms with Crippen molar-refractivity contribution >= 4 is 40.0 Å². The van der Waals surface area contributed by atoms with Crippen molar-refractivity contribution in [1.29, 1.82) is 0 Å². The van der Waals surface area contributed by atoms with Crippen LogP contribution < -0.4 is 15.8 Å². The van der Waals surface area contributed by atoms with Crippen LogP contribution in [-0.2, 0) is 17.8 Å². The lowest BCUT2D eigenvalue weighted by molar-refractivity contribution is -0.117. The number of nitrogens with two attached hydrogens (primary N) is 1. The van der Waals surface area contributed by atoms with Gasteiger partial charge in [0.1, 0.15) is 5.75 Å². The second-order valence-corrected chi connectivity index (χ2v) is 11.8. The summed E-state index contributed by atoms with van der Waals surface area (Å²) in [6, 6.07) is 12.9. The number of hydrogen-bond acceptors (Lipinski definition) is 7. The van der Waals surface area contributed by atoms with E-state index in [-0.39, 0.29) is 23.9 Å².